The van der Waals surface area contributed by atoms with Gasteiger partial charge in [0.1, 0.15) is 18.5 Å². The molecule has 3 heterocycles. The molecule has 0 unspecified atom stereocenters. The van der Waals surface area contributed by atoms with E-state index in [2.05, 4.69) is 9.80 Å². The first-order valence-corrected chi connectivity index (χ1v) is 11.2. The fourth-order valence-electron chi connectivity index (χ4n) is 5.11. The Bertz CT molecular complexity index is 1140. The van der Waals surface area contributed by atoms with Crippen LogP contribution in [0, 0.1) is 24.1 Å². The van der Waals surface area contributed by atoms with E-state index in [0.717, 1.165) is 41.9 Å². The zero-order valence-corrected chi connectivity index (χ0v) is 19.7. The lowest BCUT2D eigenvalue weighted by molar-refractivity contribution is -0.0938. The Labute approximate surface area is 204 Å². The maximum absolute atomic E-state index is 14.0. The van der Waals surface area contributed by atoms with E-state index in [0.29, 0.717) is 25.3 Å². The van der Waals surface area contributed by atoms with Gasteiger partial charge in [0.15, 0.2) is 0 Å². The minimum atomic E-state index is -0.656. The smallest absolute Gasteiger partial charge is 0.338 e. The second kappa shape index (κ2) is 9.98. The average molecular weight is 488 g/mol. The molecule has 7 nitrogen and oxygen atoms in total. The number of carbonyl (C=O) groups excluding carboxylic acids is 1. The van der Waals surface area contributed by atoms with Crippen molar-refractivity contribution in [1.82, 2.24) is 9.80 Å². The molecule has 9 heteroatoms. The summed E-state index contributed by atoms with van der Waals surface area (Å²) in [6, 6.07) is 10.3. The Balaban J connectivity index is 0.00000274. The van der Waals surface area contributed by atoms with E-state index < -0.39 is 11.9 Å². The number of halogens is 2. The van der Waals surface area contributed by atoms with Crippen LogP contribution >= 0.6 is 12.4 Å². The zero-order chi connectivity index (χ0) is 23.1. The van der Waals surface area contributed by atoms with Crippen LogP contribution in [-0.2, 0) is 16.1 Å². The minimum absolute atomic E-state index is 0. The molecule has 2 aromatic carbocycles. The molecule has 3 aliphatic rings. The van der Waals surface area contributed by atoms with Crippen molar-refractivity contribution in [1.29, 1.82) is 5.26 Å². The molecule has 0 spiro atoms. The van der Waals surface area contributed by atoms with Crippen LogP contribution < -0.4 is 0 Å². The van der Waals surface area contributed by atoms with E-state index in [1.807, 2.05) is 19.1 Å². The van der Waals surface area contributed by atoms with Crippen molar-refractivity contribution in [2.75, 3.05) is 39.3 Å². The standard InChI is InChI=1S/C25H26FN3O4.ClH/c1-15-19(4-5-20-21(15)14-33-25(20)31)23(30)11-28-6-7-29-12-24(32-13-18(29)10-28)16-2-3-17(9-27)22(26)8-16;/h2-5,8,18,23-24,30H,6-7,10-14H2,1H3;1H/t18-,23+,24-;/m1./s1. The van der Waals surface area contributed by atoms with Crippen molar-refractivity contribution in [2.45, 2.75) is 31.8 Å². The Kier molecular flexibility index (Phi) is 7.22. The molecule has 2 saturated heterocycles. The van der Waals surface area contributed by atoms with Gasteiger partial charge in [0.05, 0.1) is 29.9 Å². The van der Waals surface area contributed by atoms with Crippen LogP contribution in [0.1, 0.15) is 50.4 Å². The number of rotatable bonds is 4. The van der Waals surface area contributed by atoms with Crippen molar-refractivity contribution in [3.05, 3.63) is 69.5 Å². The number of aliphatic hydroxyl groups excluding tert-OH is 1. The summed E-state index contributed by atoms with van der Waals surface area (Å²) in [7, 11) is 0. The van der Waals surface area contributed by atoms with Gasteiger partial charge in [0.25, 0.3) is 0 Å². The molecule has 0 radical (unpaired) electrons. The van der Waals surface area contributed by atoms with Crippen molar-refractivity contribution < 1.29 is 23.8 Å². The Morgan fingerprint density at radius 3 is 2.85 bits per heavy atom. The van der Waals surface area contributed by atoms with Gasteiger partial charge in [0.2, 0.25) is 0 Å². The first kappa shape index (κ1) is 24.6. The topological polar surface area (TPSA) is 86.0 Å². The normalized spacial score (nSPS) is 23.3. The number of piperazine rings is 1. The summed E-state index contributed by atoms with van der Waals surface area (Å²) < 4.78 is 25.2. The molecular formula is C25H27ClFN3O4. The van der Waals surface area contributed by atoms with Crippen LogP contribution in [-0.4, -0.2) is 66.2 Å². The third kappa shape index (κ3) is 4.54. The second-order valence-electron chi connectivity index (χ2n) is 8.98. The summed E-state index contributed by atoms with van der Waals surface area (Å²) in [5.74, 6) is -0.818. The van der Waals surface area contributed by atoms with Gasteiger partial charge >= 0.3 is 5.97 Å². The fourth-order valence-corrected chi connectivity index (χ4v) is 5.11. The molecule has 3 atom stereocenters. The molecule has 0 aromatic heterocycles. The first-order chi connectivity index (χ1) is 15.9. The molecule has 0 aliphatic carbocycles. The number of esters is 1. The van der Waals surface area contributed by atoms with E-state index >= 15 is 0 Å². The van der Waals surface area contributed by atoms with E-state index in [9.17, 15) is 14.3 Å². The molecule has 3 aliphatic heterocycles. The molecule has 2 fully saturated rings. The SMILES string of the molecule is Cc1c([C@@H](O)CN2CCN3C[C@H](c4ccc(C#N)c(F)c4)OC[C@H]3C2)ccc2c1COC2=O.Cl. The van der Waals surface area contributed by atoms with Crippen LogP contribution in [0.3, 0.4) is 0 Å². The Hall–Kier alpha value is -2.54. The number of benzene rings is 2. The number of hydrogen-bond donors (Lipinski definition) is 1. The number of fused-ring (bicyclic) bond motifs is 2. The van der Waals surface area contributed by atoms with Gasteiger partial charge in [-0.25, -0.2) is 9.18 Å². The van der Waals surface area contributed by atoms with Crippen LogP contribution in [0.2, 0.25) is 0 Å². The molecule has 180 valence electrons. The number of morpholine rings is 1. The molecule has 0 amide bonds. The number of β-amino-alcohol motifs (C(OH)–C–C–N with tert-alkyl or cyclic N) is 1. The van der Waals surface area contributed by atoms with Crippen LogP contribution in [0.5, 0.6) is 0 Å². The monoisotopic (exact) mass is 487 g/mol. The molecule has 0 bridgehead atoms. The van der Waals surface area contributed by atoms with Gasteiger partial charge in [-0.05, 0) is 41.8 Å². The predicted molar refractivity (Wildman–Crippen MR) is 124 cm³/mol. The lowest BCUT2D eigenvalue weighted by atomic mass is 9.95. The average Bonchev–Trinajstić information content (AvgIpc) is 3.20. The minimum Gasteiger partial charge on any atom is -0.457 e. The lowest BCUT2D eigenvalue weighted by Gasteiger charge is -2.46. The number of ether oxygens (including phenoxy) is 2. The largest absolute Gasteiger partial charge is 0.457 e. The van der Waals surface area contributed by atoms with Gasteiger partial charge in [-0.1, -0.05) is 12.1 Å². The van der Waals surface area contributed by atoms with Gasteiger partial charge < -0.3 is 14.6 Å². The third-order valence-corrected chi connectivity index (χ3v) is 7.06. The number of hydrogen-bond acceptors (Lipinski definition) is 7. The molecule has 2 aromatic rings. The van der Waals surface area contributed by atoms with Crippen molar-refractivity contribution >= 4 is 18.4 Å². The van der Waals surface area contributed by atoms with E-state index in [1.54, 1.807) is 12.1 Å². The number of aliphatic hydroxyl groups is 1. The van der Waals surface area contributed by atoms with Crippen molar-refractivity contribution in [3.63, 3.8) is 0 Å². The van der Waals surface area contributed by atoms with Gasteiger partial charge in [-0.3, -0.25) is 9.80 Å². The highest BCUT2D eigenvalue weighted by atomic mass is 35.5. The zero-order valence-electron chi connectivity index (χ0n) is 18.9. The van der Waals surface area contributed by atoms with E-state index in [1.165, 1.54) is 12.1 Å². The van der Waals surface area contributed by atoms with Gasteiger partial charge in [-0.15, -0.1) is 12.4 Å². The molecule has 1 N–H and O–H groups in total. The number of nitrogens with zero attached hydrogens (tertiary/aromatic N) is 3. The van der Waals surface area contributed by atoms with Crippen LogP contribution in [0.25, 0.3) is 0 Å². The molecule has 5 rings (SSSR count). The number of carbonyl (C=O) groups is 1. The summed E-state index contributed by atoms with van der Waals surface area (Å²) in [5, 5.41) is 19.9. The Morgan fingerprint density at radius 2 is 2.09 bits per heavy atom. The molecule has 0 saturated carbocycles. The highest BCUT2D eigenvalue weighted by molar-refractivity contribution is 5.93. The van der Waals surface area contributed by atoms with Crippen molar-refractivity contribution in [3.8, 4) is 6.07 Å². The Morgan fingerprint density at radius 1 is 1.26 bits per heavy atom. The molecule has 34 heavy (non-hydrogen) atoms. The molecular weight excluding hydrogens is 461 g/mol. The van der Waals surface area contributed by atoms with Crippen LogP contribution in [0.4, 0.5) is 4.39 Å². The fraction of sp³-hybridized carbons (Fsp3) is 0.440. The quantitative estimate of drug-likeness (QED) is 0.663. The van der Waals surface area contributed by atoms with E-state index in [4.69, 9.17) is 14.7 Å². The van der Waals surface area contributed by atoms with E-state index in [-0.39, 0.29) is 42.7 Å². The first-order valence-electron chi connectivity index (χ1n) is 11.2. The highest BCUT2D eigenvalue weighted by Gasteiger charge is 2.35. The summed E-state index contributed by atoms with van der Waals surface area (Å²) in [5.41, 5.74) is 4.00. The van der Waals surface area contributed by atoms with Gasteiger partial charge in [-0.2, -0.15) is 5.26 Å². The van der Waals surface area contributed by atoms with Gasteiger partial charge in [0, 0.05) is 44.3 Å². The number of nitriles is 1. The van der Waals surface area contributed by atoms with Crippen molar-refractivity contribution in [2.24, 2.45) is 0 Å². The highest BCUT2D eigenvalue weighted by Crippen LogP contribution is 2.31. The number of cyclic esters (lactones) is 1. The predicted octanol–water partition coefficient (Wildman–Crippen LogP) is 2.89. The lowest BCUT2D eigenvalue weighted by Crippen LogP contribution is -2.58. The summed E-state index contributed by atoms with van der Waals surface area (Å²) in [6.07, 6.45) is -0.879. The van der Waals surface area contributed by atoms with Crippen LogP contribution in [0.15, 0.2) is 30.3 Å². The summed E-state index contributed by atoms with van der Waals surface area (Å²) >= 11 is 0. The second-order valence-corrected chi connectivity index (χ2v) is 8.98. The maximum Gasteiger partial charge on any atom is 0.338 e. The summed E-state index contributed by atoms with van der Waals surface area (Å²) in [4.78, 5) is 16.4. The summed E-state index contributed by atoms with van der Waals surface area (Å²) in [6.45, 7) is 6.32. The maximum atomic E-state index is 14.0. The third-order valence-electron chi connectivity index (χ3n) is 7.06.